The van der Waals surface area contributed by atoms with E-state index in [0.717, 1.165) is 5.56 Å². The van der Waals surface area contributed by atoms with Crippen molar-refractivity contribution in [2.45, 2.75) is 6.04 Å². The Kier molecular flexibility index (Phi) is 3.00. The number of aliphatic imine (C=N–C) groups is 1. The Bertz CT molecular complexity index is 1030. The number of ketones is 1. The van der Waals surface area contributed by atoms with Crippen LogP contribution >= 0.6 is 11.8 Å². The molecule has 25 heavy (non-hydrogen) atoms. The van der Waals surface area contributed by atoms with Crippen LogP contribution in [0, 0.1) is 5.82 Å². The molecular formula is C19H11FN2O2S. The lowest BCUT2D eigenvalue weighted by Crippen LogP contribution is -2.38. The Labute approximate surface area is 147 Å². The van der Waals surface area contributed by atoms with Crippen LogP contribution in [0.25, 0.3) is 5.70 Å². The number of nitrogens with zero attached hydrogens (tertiary/aromatic N) is 2. The highest BCUT2D eigenvalue weighted by Crippen LogP contribution is 2.48. The average molecular weight is 350 g/mol. The second-order valence-electron chi connectivity index (χ2n) is 6.01. The summed E-state index contributed by atoms with van der Waals surface area (Å²) in [5.74, 6) is -0.534. The second-order valence-corrected chi connectivity index (χ2v) is 6.95. The SMILES string of the molecule is O=C1C2=C(N=C3SCC(=O)N3[C@@H]2c2ccccc2F)c2ccccc21. The number of halogens is 1. The van der Waals surface area contributed by atoms with Crippen LogP contribution < -0.4 is 0 Å². The zero-order valence-corrected chi connectivity index (χ0v) is 13.7. The van der Waals surface area contributed by atoms with E-state index in [2.05, 4.69) is 4.99 Å². The van der Waals surface area contributed by atoms with Crippen LogP contribution in [-0.4, -0.2) is 27.5 Å². The number of thioether (sulfide) groups is 1. The highest BCUT2D eigenvalue weighted by Gasteiger charge is 2.47. The summed E-state index contributed by atoms with van der Waals surface area (Å²) < 4.78 is 14.6. The molecule has 2 aromatic carbocycles. The van der Waals surface area contributed by atoms with Crippen molar-refractivity contribution >= 4 is 34.3 Å². The van der Waals surface area contributed by atoms with Gasteiger partial charge in [0.15, 0.2) is 11.0 Å². The van der Waals surface area contributed by atoms with Crippen LogP contribution in [0.15, 0.2) is 59.1 Å². The fraction of sp³-hybridized carbons (Fsp3) is 0.105. The lowest BCUT2D eigenvalue weighted by molar-refractivity contribution is -0.125. The van der Waals surface area contributed by atoms with Crippen molar-refractivity contribution in [1.82, 2.24) is 4.90 Å². The van der Waals surface area contributed by atoms with E-state index in [1.165, 1.54) is 22.7 Å². The van der Waals surface area contributed by atoms with Gasteiger partial charge in [0.25, 0.3) is 0 Å². The molecule has 6 heteroatoms. The molecule has 0 spiro atoms. The standard InChI is InChI=1S/C19H11FN2O2S/c20-13-8-4-3-7-12(13)17-15-16(21-19-22(17)14(23)9-25-19)10-5-1-2-6-11(10)18(15)24/h1-8,17H,9H2/t17-/m1/s1. The number of fused-ring (bicyclic) bond motifs is 3. The van der Waals surface area contributed by atoms with Gasteiger partial charge in [-0.25, -0.2) is 9.38 Å². The lowest BCUT2D eigenvalue weighted by Gasteiger charge is -2.32. The van der Waals surface area contributed by atoms with Gasteiger partial charge in [-0.1, -0.05) is 54.2 Å². The minimum Gasteiger partial charge on any atom is -0.289 e. The summed E-state index contributed by atoms with van der Waals surface area (Å²) in [5, 5.41) is 0.529. The maximum atomic E-state index is 14.6. The van der Waals surface area contributed by atoms with E-state index in [9.17, 15) is 14.0 Å². The van der Waals surface area contributed by atoms with E-state index in [1.54, 1.807) is 30.3 Å². The van der Waals surface area contributed by atoms with Crippen molar-refractivity contribution in [2.24, 2.45) is 4.99 Å². The van der Waals surface area contributed by atoms with E-state index in [0.29, 0.717) is 27.6 Å². The monoisotopic (exact) mass is 350 g/mol. The van der Waals surface area contributed by atoms with Gasteiger partial charge < -0.3 is 0 Å². The minimum absolute atomic E-state index is 0.160. The van der Waals surface area contributed by atoms with Crippen LogP contribution in [0.4, 0.5) is 4.39 Å². The Hall–Kier alpha value is -2.73. The summed E-state index contributed by atoms with van der Waals surface area (Å²) in [4.78, 5) is 31.5. The summed E-state index contributed by atoms with van der Waals surface area (Å²) >= 11 is 1.32. The van der Waals surface area contributed by atoms with Crippen molar-refractivity contribution in [2.75, 3.05) is 5.75 Å². The van der Waals surface area contributed by atoms with Crippen LogP contribution in [0.3, 0.4) is 0 Å². The van der Waals surface area contributed by atoms with Gasteiger partial charge in [-0.3, -0.25) is 14.5 Å². The van der Waals surface area contributed by atoms with Crippen molar-refractivity contribution in [3.63, 3.8) is 0 Å². The first-order valence-electron chi connectivity index (χ1n) is 7.83. The molecule has 2 aromatic rings. The summed E-state index contributed by atoms with van der Waals surface area (Å²) in [6.07, 6.45) is 0. The van der Waals surface area contributed by atoms with Crippen LogP contribution in [-0.2, 0) is 4.79 Å². The van der Waals surface area contributed by atoms with Crippen molar-refractivity contribution in [3.8, 4) is 0 Å². The molecule has 0 radical (unpaired) electrons. The molecule has 0 saturated carbocycles. The number of carbonyl (C=O) groups is 2. The summed E-state index contributed by atoms with van der Waals surface area (Å²) in [6.45, 7) is 0. The zero-order chi connectivity index (χ0) is 17.1. The van der Waals surface area contributed by atoms with Gasteiger partial charge >= 0.3 is 0 Å². The van der Waals surface area contributed by atoms with E-state index in [1.807, 2.05) is 12.1 Å². The Morgan fingerprint density at radius 3 is 2.56 bits per heavy atom. The van der Waals surface area contributed by atoms with Crippen LogP contribution in [0.2, 0.25) is 0 Å². The van der Waals surface area contributed by atoms with Gasteiger partial charge in [0.05, 0.1) is 23.1 Å². The fourth-order valence-corrected chi connectivity index (χ4v) is 4.48. The highest BCUT2D eigenvalue weighted by atomic mass is 32.2. The van der Waals surface area contributed by atoms with Gasteiger partial charge in [-0.15, -0.1) is 0 Å². The first kappa shape index (κ1) is 14.6. The quantitative estimate of drug-likeness (QED) is 0.792. The van der Waals surface area contributed by atoms with Gasteiger partial charge in [-0.05, 0) is 6.07 Å². The molecule has 4 nitrogen and oxygen atoms in total. The number of amidine groups is 1. The van der Waals surface area contributed by atoms with Crippen LogP contribution in [0.5, 0.6) is 0 Å². The molecule has 0 bridgehead atoms. The summed E-state index contributed by atoms with van der Waals surface area (Å²) in [6, 6.07) is 12.7. The zero-order valence-electron chi connectivity index (χ0n) is 12.9. The highest BCUT2D eigenvalue weighted by molar-refractivity contribution is 8.15. The van der Waals surface area contributed by atoms with E-state index < -0.39 is 11.9 Å². The molecule has 122 valence electrons. The maximum Gasteiger partial charge on any atom is 0.239 e. The summed E-state index contributed by atoms with van der Waals surface area (Å²) in [5.41, 5.74) is 2.56. The Morgan fingerprint density at radius 2 is 1.76 bits per heavy atom. The number of rotatable bonds is 1. The number of benzene rings is 2. The van der Waals surface area contributed by atoms with Gasteiger partial charge in [0.1, 0.15) is 5.82 Å². The molecule has 0 unspecified atom stereocenters. The molecule has 0 aromatic heterocycles. The minimum atomic E-state index is -0.772. The first-order valence-corrected chi connectivity index (χ1v) is 8.81. The smallest absolute Gasteiger partial charge is 0.239 e. The molecule has 1 aliphatic carbocycles. The van der Waals surface area contributed by atoms with Crippen molar-refractivity contribution in [1.29, 1.82) is 0 Å². The average Bonchev–Trinajstić information content (AvgIpc) is 3.14. The number of hydrogen-bond donors (Lipinski definition) is 0. The predicted molar refractivity (Wildman–Crippen MR) is 93.6 cm³/mol. The third kappa shape index (κ3) is 1.91. The molecular weight excluding hydrogens is 339 g/mol. The van der Waals surface area contributed by atoms with Gasteiger partial charge in [0.2, 0.25) is 5.91 Å². The molecule has 2 aliphatic heterocycles. The Morgan fingerprint density at radius 1 is 1.04 bits per heavy atom. The molecule has 1 saturated heterocycles. The van der Waals surface area contributed by atoms with Gasteiger partial charge in [-0.2, -0.15) is 0 Å². The summed E-state index contributed by atoms with van der Waals surface area (Å²) in [7, 11) is 0. The maximum absolute atomic E-state index is 14.6. The molecule has 1 amide bonds. The second kappa shape index (κ2) is 5.13. The molecule has 2 heterocycles. The third-order valence-electron chi connectivity index (χ3n) is 4.66. The lowest BCUT2D eigenvalue weighted by atomic mass is 9.93. The molecule has 0 N–H and O–H groups in total. The molecule has 1 fully saturated rings. The molecule has 3 aliphatic rings. The van der Waals surface area contributed by atoms with Gasteiger partial charge in [0, 0.05) is 16.7 Å². The fourth-order valence-electron chi connectivity index (χ4n) is 3.59. The van der Waals surface area contributed by atoms with Crippen molar-refractivity contribution in [3.05, 3.63) is 76.6 Å². The first-order chi connectivity index (χ1) is 12.2. The van der Waals surface area contributed by atoms with E-state index in [-0.39, 0.29) is 17.4 Å². The normalized spacial score (nSPS) is 21.2. The van der Waals surface area contributed by atoms with E-state index >= 15 is 0 Å². The number of Topliss-reactive ketones (excluding diaryl/α,β-unsaturated/α-hetero) is 1. The topological polar surface area (TPSA) is 49.7 Å². The van der Waals surface area contributed by atoms with Crippen molar-refractivity contribution < 1.29 is 14.0 Å². The number of amides is 1. The predicted octanol–water partition coefficient (Wildman–Crippen LogP) is 3.42. The van der Waals surface area contributed by atoms with E-state index in [4.69, 9.17) is 0 Å². The Balaban J connectivity index is 1.80. The molecule has 5 rings (SSSR count). The molecule has 1 atom stereocenters. The van der Waals surface area contributed by atoms with Crippen LogP contribution in [0.1, 0.15) is 27.5 Å². The number of hydrogen-bond acceptors (Lipinski definition) is 4. The number of carbonyl (C=O) groups excluding carboxylic acids is 2. The third-order valence-corrected chi connectivity index (χ3v) is 5.60. The largest absolute Gasteiger partial charge is 0.289 e.